The maximum atomic E-state index is 12.5. The molecule has 2 atom stereocenters. The van der Waals surface area contributed by atoms with E-state index in [9.17, 15) is 8.42 Å². The maximum Gasteiger partial charge on any atom is 0.240 e. The zero-order valence-corrected chi connectivity index (χ0v) is 13.7. The van der Waals surface area contributed by atoms with E-state index in [0.717, 1.165) is 31.4 Å². The van der Waals surface area contributed by atoms with Gasteiger partial charge < -0.3 is 4.74 Å². The molecule has 0 amide bonds. The number of hydrogen-bond acceptors (Lipinski definition) is 3. The summed E-state index contributed by atoms with van der Waals surface area (Å²) in [5.41, 5.74) is 0. The lowest BCUT2D eigenvalue weighted by Gasteiger charge is -2.32. The van der Waals surface area contributed by atoms with Gasteiger partial charge >= 0.3 is 0 Å². The molecule has 0 aliphatic heterocycles. The number of rotatable bonds is 5. The van der Waals surface area contributed by atoms with Crippen LogP contribution in [0.3, 0.4) is 0 Å². The molecule has 0 saturated heterocycles. The number of benzene rings is 2. The zero-order chi connectivity index (χ0) is 16.1. The molecule has 0 spiro atoms. The van der Waals surface area contributed by atoms with E-state index in [2.05, 4.69) is 4.72 Å². The second-order valence-electron chi connectivity index (χ2n) is 5.79. The Morgan fingerprint density at radius 1 is 0.870 bits per heavy atom. The molecular weight excluding hydrogens is 310 g/mol. The predicted molar refractivity (Wildman–Crippen MR) is 89.9 cm³/mol. The van der Waals surface area contributed by atoms with Crippen molar-refractivity contribution in [1.29, 1.82) is 0 Å². The van der Waals surface area contributed by atoms with Crippen LogP contribution in [0.25, 0.3) is 0 Å². The van der Waals surface area contributed by atoms with Gasteiger partial charge in [-0.1, -0.05) is 42.8 Å². The van der Waals surface area contributed by atoms with Gasteiger partial charge in [0.05, 0.1) is 10.9 Å². The highest BCUT2D eigenvalue weighted by atomic mass is 32.2. The van der Waals surface area contributed by atoms with Crippen LogP contribution in [-0.4, -0.2) is 20.6 Å². The van der Waals surface area contributed by atoms with Crippen LogP contribution in [0.2, 0.25) is 0 Å². The van der Waals surface area contributed by atoms with E-state index < -0.39 is 10.0 Å². The molecule has 1 fully saturated rings. The Labute approximate surface area is 137 Å². The second kappa shape index (κ2) is 7.15. The van der Waals surface area contributed by atoms with Crippen LogP contribution in [0.5, 0.6) is 5.75 Å². The molecule has 0 bridgehead atoms. The number of ether oxygens (including phenoxy) is 1. The Bertz CT molecular complexity index is 716. The number of sulfonamides is 1. The maximum absolute atomic E-state index is 12.5. The summed E-state index contributed by atoms with van der Waals surface area (Å²) in [7, 11) is -3.52. The van der Waals surface area contributed by atoms with Crippen molar-refractivity contribution >= 4 is 10.0 Å². The molecule has 0 unspecified atom stereocenters. The van der Waals surface area contributed by atoms with E-state index in [0.29, 0.717) is 4.90 Å². The summed E-state index contributed by atoms with van der Waals surface area (Å²) in [4.78, 5) is 0.295. The number of para-hydroxylation sites is 1. The largest absolute Gasteiger partial charge is 0.489 e. The molecule has 0 aromatic heterocycles. The third-order valence-electron chi connectivity index (χ3n) is 4.09. The van der Waals surface area contributed by atoms with Crippen LogP contribution in [0.1, 0.15) is 25.7 Å². The molecule has 1 aliphatic rings. The Hall–Kier alpha value is -1.85. The molecule has 2 aromatic carbocycles. The van der Waals surface area contributed by atoms with Crippen molar-refractivity contribution in [1.82, 2.24) is 4.72 Å². The zero-order valence-electron chi connectivity index (χ0n) is 12.9. The van der Waals surface area contributed by atoms with E-state index in [4.69, 9.17) is 4.74 Å². The number of nitrogens with one attached hydrogen (secondary N) is 1. The smallest absolute Gasteiger partial charge is 0.240 e. The van der Waals surface area contributed by atoms with Gasteiger partial charge in [-0.2, -0.15) is 0 Å². The molecule has 0 radical (unpaired) electrons. The lowest BCUT2D eigenvalue weighted by Crippen LogP contribution is -2.47. The Balaban J connectivity index is 1.74. The first kappa shape index (κ1) is 16.0. The van der Waals surface area contributed by atoms with Crippen molar-refractivity contribution in [3.05, 3.63) is 60.7 Å². The van der Waals surface area contributed by atoms with Gasteiger partial charge in [0, 0.05) is 0 Å². The van der Waals surface area contributed by atoms with Crippen LogP contribution in [-0.2, 0) is 10.0 Å². The normalized spacial score (nSPS) is 21.7. The molecular formula is C18H21NO3S. The van der Waals surface area contributed by atoms with Crippen molar-refractivity contribution in [2.75, 3.05) is 0 Å². The van der Waals surface area contributed by atoms with Crippen molar-refractivity contribution in [3.63, 3.8) is 0 Å². The third kappa shape index (κ3) is 4.12. The molecule has 5 heteroatoms. The summed E-state index contributed by atoms with van der Waals surface area (Å²) in [6.45, 7) is 0. The Kier molecular flexibility index (Phi) is 4.98. The molecule has 2 aromatic rings. The van der Waals surface area contributed by atoms with Gasteiger partial charge in [0.1, 0.15) is 11.9 Å². The number of hydrogen-bond donors (Lipinski definition) is 1. The highest BCUT2D eigenvalue weighted by Gasteiger charge is 2.30. The Morgan fingerprint density at radius 2 is 1.48 bits per heavy atom. The van der Waals surface area contributed by atoms with Gasteiger partial charge in [-0.3, -0.25) is 0 Å². The lowest BCUT2D eigenvalue weighted by atomic mass is 9.93. The van der Waals surface area contributed by atoms with Gasteiger partial charge in [-0.25, -0.2) is 13.1 Å². The highest BCUT2D eigenvalue weighted by Crippen LogP contribution is 2.25. The summed E-state index contributed by atoms with van der Waals surface area (Å²) < 4.78 is 33.9. The summed E-state index contributed by atoms with van der Waals surface area (Å²) in [6.07, 6.45) is 3.59. The average Bonchev–Trinajstić information content (AvgIpc) is 2.58. The lowest BCUT2D eigenvalue weighted by molar-refractivity contribution is 0.125. The van der Waals surface area contributed by atoms with Gasteiger partial charge in [-0.05, 0) is 43.5 Å². The van der Waals surface area contributed by atoms with Crippen molar-refractivity contribution in [2.24, 2.45) is 0 Å². The summed E-state index contributed by atoms with van der Waals surface area (Å²) in [5.74, 6) is 0.781. The molecule has 1 saturated carbocycles. The van der Waals surface area contributed by atoms with Crippen molar-refractivity contribution in [2.45, 2.75) is 42.7 Å². The first-order valence-corrected chi connectivity index (χ1v) is 9.42. The van der Waals surface area contributed by atoms with Gasteiger partial charge in [0.15, 0.2) is 0 Å². The quantitative estimate of drug-likeness (QED) is 0.914. The molecule has 122 valence electrons. The fourth-order valence-electron chi connectivity index (χ4n) is 2.91. The molecule has 3 rings (SSSR count). The van der Waals surface area contributed by atoms with Crippen molar-refractivity contribution in [3.8, 4) is 5.75 Å². The molecule has 0 heterocycles. The van der Waals surface area contributed by atoms with Crippen molar-refractivity contribution < 1.29 is 13.2 Å². The van der Waals surface area contributed by atoms with E-state index in [1.54, 1.807) is 30.3 Å². The fraction of sp³-hybridized carbons (Fsp3) is 0.333. The van der Waals surface area contributed by atoms with E-state index in [1.165, 1.54) is 0 Å². The van der Waals surface area contributed by atoms with Crippen LogP contribution < -0.4 is 9.46 Å². The molecule has 1 aliphatic carbocycles. The van der Waals surface area contributed by atoms with E-state index >= 15 is 0 Å². The summed E-state index contributed by atoms with van der Waals surface area (Å²) in [6, 6.07) is 17.9. The minimum atomic E-state index is -3.52. The minimum absolute atomic E-state index is 0.135. The minimum Gasteiger partial charge on any atom is -0.489 e. The fourth-order valence-corrected chi connectivity index (χ4v) is 4.23. The summed E-state index contributed by atoms with van der Waals surface area (Å²) >= 11 is 0. The van der Waals surface area contributed by atoms with Crippen LogP contribution >= 0.6 is 0 Å². The van der Waals surface area contributed by atoms with Crippen LogP contribution in [0.15, 0.2) is 65.6 Å². The highest BCUT2D eigenvalue weighted by molar-refractivity contribution is 7.89. The average molecular weight is 331 g/mol. The molecule has 4 nitrogen and oxygen atoms in total. The van der Waals surface area contributed by atoms with Crippen LogP contribution in [0.4, 0.5) is 0 Å². The molecule has 23 heavy (non-hydrogen) atoms. The predicted octanol–water partition coefficient (Wildman–Crippen LogP) is 3.36. The SMILES string of the molecule is O=S(=O)(N[C@@H]1CCCC[C@H]1Oc1ccccc1)c1ccccc1. The van der Waals surface area contributed by atoms with Gasteiger partial charge in [0.2, 0.25) is 10.0 Å². The first-order valence-electron chi connectivity index (χ1n) is 7.94. The standard InChI is InChI=1S/C18H21NO3S/c20-23(21,16-11-5-2-6-12-16)19-17-13-7-8-14-18(17)22-15-9-3-1-4-10-15/h1-6,9-12,17-19H,7-8,13-14H2/t17-,18-/m1/s1. The van der Waals surface area contributed by atoms with Gasteiger partial charge in [-0.15, -0.1) is 0 Å². The topological polar surface area (TPSA) is 55.4 Å². The monoisotopic (exact) mass is 331 g/mol. The Morgan fingerprint density at radius 3 is 2.17 bits per heavy atom. The first-order chi connectivity index (χ1) is 11.1. The van der Waals surface area contributed by atoms with Crippen LogP contribution in [0, 0.1) is 0 Å². The third-order valence-corrected chi connectivity index (χ3v) is 5.60. The van der Waals surface area contributed by atoms with E-state index in [-0.39, 0.29) is 12.1 Å². The van der Waals surface area contributed by atoms with E-state index in [1.807, 2.05) is 30.3 Å². The second-order valence-corrected chi connectivity index (χ2v) is 7.51. The molecule has 1 N–H and O–H groups in total. The van der Waals surface area contributed by atoms with Gasteiger partial charge in [0.25, 0.3) is 0 Å². The summed E-state index contributed by atoms with van der Waals surface area (Å²) in [5, 5.41) is 0.